The van der Waals surface area contributed by atoms with Gasteiger partial charge in [0.1, 0.15) is 0 Å². The number of carbonyl (C=O) groups is 1. The number of hydrogen-bond acceptors (Lipinski definition) is 4. The van der Waals surface area contributed by atoms with Crippen molar-refractivity contribution < 1.29 is 4.79 Å². The van der Waals surface area contributed by atoms with E-state index in [0.29, 0.717) is 5.95 Å². The van der Waals surface area contributed by atoms with Crippen LogP contribution in [-0.2, 0) is 4.79 Å². The van der Waals surface area contributed by atoms with E-state index in [1.54, 1.807) is 0 Å². The molecule has 2 atom stereocenters. The molecule has 1 amide bonds. The molecule has 1 aliphatic rings. The van der Waals surface area contributed by atoms with Gasteiger partial charge in [-0.15, -0.1) is 0 Å². The topological polar surface area (TPSA) is 80.9 Å². The minimum Gasteiger partial charge on any atom is -0.327 e. The molecule has 1 aliphatic carbocycles. The summed E-state index contributed by atoms with van der Waals surface area (Å²) in [5, 5.41) is 2.75. The first-order valence-electron chi connectivity index (χ1n) is 5.95. The first kappa shape index (κ1) is 12.0. The van der Waals surface area contributed by atoms with Crippen molar-refractivity contribution in [2.75, 3.05) is 5.32 Å². The summed E-state index contributed by atoms with van der Waals surface area (Å²) in [7, 11) is 0. The molecule has 0 bridgehead atoms. The fourth-order valence-electron chi connectivity index (χ4n) is 2.30. The fraction of sp³-hybridized carbons (Fsp3) is 0.583. The Bertz CT molecular complexity index is 412. The maximum atomic E-state index is 12.0. The summed E-state index contributed by atoms with van der Waals surface area (Å²) in [6.07, 6.45) is 2.80. The zero-order valence-electron chi connectivity index (χ0n) is 10.2. The van der Waals surface area contributed by atoms with Crippen LogP contribution >= 0.6 is 0 Å². The summed E-state index contributed by atoms with van der Waals surface area (Å²) in [5.41, 5.74) is 7.59. The van der Waals surface area contributed by atoms with Crippen LogP contribution in [0.3, 0.4) is 0 Å². The van der Waals surface area contributed by atoms with E-state index in [2.05, 4.69) is 15.3 Å². The van der Waals surface area contributed by atoms with Crippen LogP contribution in [0.4, 0.5) is 5.95 Å². The molecule has 0 spiro atoms. The highest BCUT2D eigenvalue weighted by Gasteiger charge is 2.30. The molecule has 0 radical (unpaired) electrons. The number of aromatic nitrogens is 2. The van der Waals surface area contributed by atoms with Gasteiger partial charge in [0.05, 0.1) is 5.92 Å². The monoisotopic (exact) mass is 234 g/mol. The highest BCUT2D eigenvalue weighted by molar-refractivity contribution is 5.91. The van der Waals surface area contributed by atoms with E-state index in [1.807, 2.05) is 19.9 Å². The number of amides is 1. The fourth-order valence-corrected chi connectivity index (χ4v) is 2.30. The second kappa shape index (κ2) is 4.79. The molecule has 1 heterocycles. The van der Waals surface area contributed by atoms with Gasteiger partial charge in [-0.2, -0.15) is 0 Å². The van der Waals surface area contributed by atoms with Crippen LogP contribution in [-0.4, -0.2) is 21.9 Å². The molecule has 92 valence electrons. The van der Waals surface area contributed by atoms with Gasteiger partial charge in [-0.25, -0.2) is 9.97 Å². The molecule has 0 aliphatic heterocycles. The van der Waals surface area contributed by atoms with E-state index in [9.17, 15) is 4.79 Å². The standard InChI is InChI=1S/C12H18N4O/c1-7-6-8(2)15-12(14-7)16-11(17)9-4-3-5-10(9)13/h6,9-10H,3-5,13H2,1-2H3,(H,14,15,16,17). The molecular weight excluding hydrogens is 216 g/mol. The highest BCUT2D eigenvalue weighted by atomic mass is 16.2. The van der Waals surface area contributed by atoms with Crippen LogP contribution in [0.2, 0.25) is 0 Å². The number of nitrogens with one attached hydrogen (secondary N) is 1. The minimum atomic E-state index is -0.0978. The predicted molar refractivity (Wildman–Crippen MR) is 65.5 cm³/mol. The van der Waals surface area contributed by atoms with Crippen molar-refractivity contribution in [3.63, 3.8) is 0 Å². The Hall–Kier alpha value is -1.49. The molecule has 2 unspecified atom stereocenters. The summed E-state index contributed by atoms with van der Waals surface area (Å²) in [5.74, 6) is 0.228. The van der Waals surface area contributed by atoms with Crippen molar-refractivity contribution in [3.8, 4) is 0 Å². The molecule has 17 heavy (non-hydrogen) atoms. The first-order chi connectivity index (χ1) is 8.06. The van der Waals surface area contributed by atoms with E-state index in [1.165, 1.54) is 0 Å². The molecule has 2 rings (SSSR count). The van der Waals surface area contributed by atoms with Gasteiger partial charge in [-0.3, -0.25) is 10.1 Å². The Labute approximate surface area is 101 Å². The number of carbonyl (C=O) groups excluding carboxylic acids is 1. The molecule has 0 saturated heterocycles. The lowest BCUT2D eigenvalue weighted by molar-refractivity contribution is -0.120. The van der Waals surface area contributed by atoms with Crippen LogP contribution in [0.25, 0.3) is 0 Å². The average Bonchev–Trinajstić information content (AvgIpc) is 2.62. The largest absolute Gasteiger partial charge is 0.327 e. The van der Waals surface area contributed by atoms with Gasteiger partial charge >= 0.3 is 0 Å². The molecule has 3 N–H and O–H groups in total. The van der Waals surface area contributed by atoms with Crippen molar-refractivity contribution in [3.05, 3.63) is 17.5 Å². The van der Waals surface area contributed by atoms with Crippen LogP contribution in [0, 0.1) is 19.8 Å². The van der Waals surface area contributed by atoms with Crippen molar-refractivity contribution in [2.45, 2.75) is 39.2 Å². The highest BCUT2D eigenvalue weighted by Crippen LogP contribution is 2.24. The maximum Gasteiger partial charge on any atom is 0.231 e. The molecule has 1 aromatic heterocycles. The van der Waals surface area contributed by atoms with Crippen LogP contribution in [0.1, 0.15) is 30.7 Å². The number of aryl methyl sites for hydroxylation is 2. The molecule has 0 aromatic carbocycles. The Balaban J connectivity index is 2.07. The molecular formula is C12H18N4O. The molecule has 1 saturated carbocycles. The van der Waals surface area contributed by atoms with Gasteiger partial charge in [-0.1, -0.05) is 6.42 Å². The lowest BCUT2D eigenvalue weighted by Crippen LogP contribution is -2.34. The number of nitrogens with zero attached hydrogens (tertiary/aromatic N) is 2. The third-order valence-corrected chi connectivity index (χ3v) is 3.12. The summed E-state index contributed by atoms with van der Waals surface area (Å²) in [6.45, 7) is 3.76. The lowest BCUT2D eigenvalue weighted by Gasteiger charge is -2.14. The number of anilines is 1. The number of hydrogen-bond donors (Lipinski definition) is 2. The smallest absolute Gasteiger partial charge is 0.231 e. The Morgan fingerprint density at radius 3 is 2.53 bits per heavy atom. The molecule has 1 fully saturated rings. The quantitative estimate of drug-likeness (QED) is 0.804. The summed E-state index contributed by atoms with van der Waals surface area (Å²) >= 11 is 0. The van der Waals surface area contributed by atoms with Crippen molar-refractivity contribution >= 4 is 11.9 Å². The van der Waals surface area contributed by atoms with E-state index < -0.39 is 0 Å². The van der Waals surface area contributed by atoms with E-state index >= 15 is 0 Å². The van der Waals surface area contributed by atoms with Crippen molar-refractivity contribution in [2.24, 2.45) is 11.7 Å². The van der Waals surface area contributed by atoms with Crippen LogP contribution < -0.4 is 11.1 Å². The van der Waals surface area contributed by atoms with Crippen molar-refractivity contribution in [1.29, 1.82) is 0 Å². The SMILES string of the molecule is Cc1cc(C)nc(NC(=O)C2CCCC2N)n1. The summed E-state index contributed by atoms with van der Waals surface area (Å²) < 4.78 is 0. The Morgan fingerprint density at radius 2 is 2.00 bits per heavy atom. The predicted octanol–water partition coefficient (Wildman–Crippen LogP) is 1.16. The van der Waals surface area contributed by atoms with Crippen LogP contribution in [0.15, 0.2) is 6.07 Å². The second-order valence-electron chi connectivity index (χ2n) is 4.66. The lowest BCUT2D eigenvalue weighted by atomic mass is 10.0. The van der Waals surface area contributed by atoms with Gasteiger partial charge in [0, 0.05) is 17.4 Å². The van der Waals surface area contributed by atoms with Gasteiger partial charge in [0.15, 0.2) is 0 Å². The molecule has 1 aromatic rings. The number of rotatable bonds is 2. The zero-order chi connectivity index (χ0) is 12.4. The normalized spacial score (nSPS) is 23.7. The summed E-state index contributed by atoms with van der Waals surface area (Å²) in [6, 6.07) is 1.85. The molecule has 5 nitrogen and oxygen atoms in total. The van der Waals surface area contributed by atoms with Gasteiger partial charge in [-0.05, 0) is 32.8 Å². The van der Waals surface area contributed by atoms with Crippen molar-refractivity contribution in [1.82, 2.24) is 9.97 Å². The zero-order valence-corrected chi connectivity index (χ0v) is 10.2. The Morgan fingerprint density at radius 1 is 1.35 bits per heavy atom. The first-order valence-corrected chi connectivity index (χ1v) is 5.95. The van der Waals surface area contributed by atoms with Gasteiger partial charge in [0.2, 0.25) is 11.9 Å². The minimum absolute atomic E-state index is 0.0269. The van der Waals surface area contributed by atoms with E-state index in [4.69, 9.17) is 5.73 Å². The average molecular weight is 234 g/mol. The Kier molecular flexibility index (Phi) is 3.38. The molecule has 5 heteroatoms. The second-order valence-corrected chi connectivity index (χ2v) is 4.66. The third-order valence-electron chi connectivity index (χ3n) is 3.12. The summed E-state index contributed by atoms with van der Waals surface area (Å²) in [4.78, 5) is 20.3. The van der Waals surface area contributed by atoms with E-state index in [-0.39, 0.29) is 17.9 Å². The van der Waals surface area contributed by atoms with E-state index in [0.717, 1.165) is 30.7 Å². The van der Waals surface area contributed by atoms with Crippen LogP contribution in [0.5, 0.6) is 0 Å². The van der Waals surface area contributed by atoms with Gasteiger partial charge < -0.3 is 5.73 Å². The van der Waals surface area contributed by atoms with Gasteiger partial charge in [0.25, 0.3) is 0 Å². The third kappa shape index (κ3) is 2.79. The maximum absolute atomic E-state index is 12.0. The number of nitrogens with two attached hydrogens (primary N) is 1.